The summed E-state index contributed by atoms with van der Waals surface area (Å²) in [5.41, 5.74) is 0. The van der Waals surface area contributed by atoms with Gasteiger partial charge in [-0.25, -0.2) is 0 Å². The minimum atomic E-state index is 0.488. The van der Waals surface area contributed by atoms with Gasteiger partial charge in [-0.05, 0) is 25.4 Å². The van der Waals surface area contributed by atoms with E-state index in [0.29, 0.717) is 9.16 Å². The smallest absolute Gasteiger partial charge is 0.0470 e. The van der Waals surface area contributed by atoms with E-state index in [9.17, 15) is 0 Å². The predicted molar refractivity (Wildman–Crippen MR) is 61.8 cm³/mol. The van der Waals surface area contributed by atoms with Crippen LogP contribution in [0.15, 0.2) is 0 Å². The van der Waals surface area contributed by atoms with Crippen LogP contribution < -0.4 is 0 Å². The van der Waals surface area contributed by atoms with Crippen molar-refractivity contribution >= 4 is 48.8 Å². The fourth-order valence-electron chi connectivity index (χ4n) is 0.521. The molecule has 0 saturated heterocycles. The van der Waals surface area contributed by atoms with Gasteiger partial charge in [0.15, 0.2) is 0 Å². The first-order valence-corrected chi connectivity index (χ1v) is 6.73. The summed E-state index contributed by atoms with van der Waals surface area (Å²) in [4.78, 5) is 0. The molecule has 0 aliphatic rings. The lowest BCUT2D eigenvalue weighted by Crippen LogP contribution is -1.97. The van der Waals surface area contributed by atoms with Crippen molar-refractivity contribution in [3.63, 3.8) is 0 Å². The quantitative estimate of drug-likeness (QED) is 0.533. The fraction of sp³-hybridized carbons (Fsp3) is 1.00. The van der Waals surface area contributed by atoms with E-state index >= 15 is 0 Å². The summed E-state index contributed by atoms with van der Waals surface area (Å²) in [6, 6.07) is 0. The lowest BCUT2D eigenvalue weighted by molar-refractivity contribution is 0.863. The third-order valence-electron chi connectivity index (χ3n) is 1.20. The summed E-state index contributed by atoms with van der Waals surface area (Å²) in [7, 11) is 0. The highest BCUT2D eigenvalue weighted by molar-refractivity contribution is 8.10. The zero-order chi connectivity index (χ0) is 7.98. The first-order chi connectivity index (χ1) is 4.70. The molecule has 0 bridgehead atoms. The summed E-state index contributed by atoms with van der Waals surface area (Å²) >= 11 is 12.3. The first-order valence-electron chi connectivity index (χ1n) is 3.12. The van der Waals surface area contributed by atoms with E-state index in [1.54, 1.807) is 23.5 Å². The van der Waals surface area contributed by atoms with E-state index < -0.39 is 0 Å². The Morgan fingerprint density at radius 1 is 1.00 bits per heavy atom. The Kier molecular flexibility index (Phi) is 8.06. The normalized spacial score (nSPS) is 16.8. The molecule has 0 radical (unpaired) electrons. The maximum Gasteiger partial charge on any atom is 0.0470 e. The third-order valence-corrected chi connectivity index (χ3v) is 4.55. The van der Waals surface area contributed by atoms with Gasteiger partial charge < -0.3 is 0 Å². The molecule has 0 amide bonds. The molecule has 2 unspecified atom stereocenters. The molecule has 10 heavy (non-hydrogen) atoms. The highest BCUT2D eigenvalue weighted by atomic mass is 32.2. The zero-order valence-electron chi connectivity index (χ0n) is 6.28. The molecule has 0 spiro atoms. The maximum atomic E-state index is 4.36. The van der Waals surface area contributed by atoms with E-state index in [2.05, 4.69) is 37.8 Å². The Labute approximate surface area is 83.1 Å². The van der Waals surface area contributed by atoms with Gasteiger partial charge in [-0.15, -0.1) is 0 Å². The second-order valence-corrected chi connectivity index (χ2v) is 5.98. The zero-order valence-corrected chi connectivity index (χ0v) is 9.70. The SMILES string of the molecule is CSC(S)CCC(S)SC. The molecule has 0 nitrogen and oxygen atoms in total. The number of hydrogen-bond donors (Lipinski definition) is 2. The summed E-state index contributed by atoms with van der Waals surface area (Å²) in [5, 5.41) is 0. The standard InChI is InChI=1S/C6H14S4/c1-9-5(7)3-4-6(8)10-2/h5-8H,3-4H2,1-2H3. The van der Waals surface area contributed by atoms with Crippen LogP contribution in [0, 0.1) is 0 Å². The third kappa shape index (κ3) is 6.13. The van der Waals surface area contributed by atoms with Gasteiger partial charge in [0.25, 0.3) is 0 Å². The van der Waals surface area contributed by atoms with Gasteiger partial charge in [0.1, 0.15) is 0 Å². The van der Waals surface area contributed by atoms with Crippen molar-refractivity contribution < 1.29 is 0 Å². The average molecular weight is 214 g/mol. The monoisotopic (exact) mass is 214 g/mol. The molecule has 0 aromatic rings. The van der Waals surface area contributed by atoms with Crippen molar-refractivity contribution in [1.29, 1.82) is 0 Å². The number of thioether (sulfide) groups is 2. The Hall–Kier alpha value is 1.40. The summed E-state index contributed by atoms with van der Waals surface area (Å²) in [6.45, 7) is 0. The molecule has 0 rings (SSSR count). The van der Waals surface area contributed by atoms with E-state index in [1.165, 1.54) is 0 Å². The summed E-state index contributed by atoms with van der Waals surface area (Å²) in [6.07, 6.45) is 6.48. The molecule has 0 N–H and O–H groups in total. The van der Waals surface area contributed by atoms with Gasteiger partial charge in [-0.2, -0.15) is 48.8 Å². The molecule has 0 aromatic heterocycles. The van der Waals surface area contributed by atoms with Crippen LogP contribution in [0.25, 0.3) is 0 Å². The van der Waals surface area contributed by atoms with Crippen LogP contribution in [-0.4, -0.2) is 21.7 Å². The molecular weight excluding hydrogens is 200 g/mol. The van der Waals surface area contributed by atoms with Crippen molar-refractivity contribution in [2.75, 3.05) is 12.5 Å². The van der Waals surface area contributed by atoms with Crippen LogP contribution in [0.5, 0.6) is 0 Å². The highest BCUT2D eigenvalue weighted by Gasteiger charge is 2.04. The van der Waals surface area contributed by atoms with Crippen molar-refractivity contribution in [3.8, 4) is 0 Å². The van der Waals surface area contributed by atoms with Crippen molar-refractivity contribution in [1.82, 2.24) is 0 Å². The summed E-state index contributed by atoms with van der Waals surface area (Å²) < 4.78 is 0.976. The van der Waals surface area contributed by atoms with Gasteiger partial charge in [-0.1, -0.05) is 0 Å². The second kappa shape index (κ2) is 7.07. The van der Waals surface area contributed by atoms with Crippen LogP contribution >= 0.6 is 48.8 Å². The molecule has 0 fully saturated rings. The van der Waals surface area contributed by atoms with E-state index in [1.807, 2.05) is 0 Å². The minimum absolute atomic E-state index is 0.488. The Balaban J connectivity index is 3.17. The Bertz CT molecular complexity index is 66.1. The first kappa shape index (κ1) is 11.4. The van der Waals surface area contributed by atoms with E-state index in [0.717, 1.165) is 12.8 Å². The summed E-state index contributed by atoms with van der Waals surface area (Å²) in [5.74, 6) is 0. The largest absolute Gasteiger partial charge is 0.165 e. The van der Waals surface area contributed by atoms with Crippen molar-refractivity contribution in [3.05, 3.63) is 0 Å². The Morgan fingerprint density at radius 3 is 1.50 bits per heavy atom. The molecular formula is C6H14S4. The molecule has 0 aliphatic heterocycles. The maximum absolute atomic E-state index is 4.36. The van der Waals surface area contributed by atoms with Crippen LogP contribution in [0.1, 0.15) is 12.8 Å². The lowest BCUT2D eigenvalue weighted by Gasteiger charge is -2.09. The van der Waals surface area contributed by atoms with Gasteiger partial charge >= 0.3 is 0 Å². The molecule has 0 aromatic carbocycles. The molecule has 2 atom stereocenters. The number of hydrogen-bond acceptors (Lipinski definition) is 4. The molecule has 0 aliphatic carbocycles. The number of rotatable bonds is 5. The van der Waals surface area contributed by atoms with Gasteiger partial charge in [-0.3, -0.25) is 0 Å². The fourth-order valence-corrected chi connectivity index (χ4v) is 1.56. The molecule has 0 heterocycles. The number of thiol groups is 2. The van der Waals surface area contributed by atoms with Gasteiger partial charge in [0.2, 0.25) is 0 Å². The Morgan fingerprint density at radius 2 is 1.30 bits per heavy atom. The second-order valence-electron chi connectivity index (χ2n) is 1.96. The van der Waals surface area contributed by atoms with E-state index in [-0.39, 0.29) is 0 Å². The van der Waals surface area contributed by atoms with E-state index in [4.69, 9.17) is 0 Å². The van der Waals surface area contributed by atoms with Crippen LogP contribution in [0.3, 0.4) is 0 Å². The predicted octanol–water partition coefficient (Wildman–Crippen LogP) is 3.00. The lowest BCUT2D eigenvalue weighted by atomic mass is 10.4. The topological polar surface area (TPSA) is 0 Å². The molecule has 4 heteroatoms. The average Bonchev–Trinajstić information content (AvgIpc) is 1.99. The highest BCUT2D eigenvalue weighted by Crippen LogP contribution is 2.23. The van der Waals surface area contributed by atoms with Crippen molar-refractivity contribution in [2.45, 2.75) is 22.0 Å². The van der Waals surface area contributed by atoms with Gasteiger partial charge in [0, 0.05) is 9.16 Å². The minimum Gasteiger partial charge on any atom is -0.165 e. The van der Waals surface area contributed by atoms with Crippen LogP contribution in [0.4, 0.5) is 0 Å². The van der Waals surface area contributed by atoms with Crippen molar-refractivity contribution in [2.24, 2.45) is 0 Å². The van der Waals surface area contributed by atoms with Crippen LogP contribution in [-0.2, 0) is 0 Å². The molecule has 62 valence electrons. The van der Waals surface area contributed by atoms with Gasteiger partial charge in [0.05, 0.1) is 0 Å². The molecule has 0 saturated carbocycles. The van der Waals surface area contributed by atoms with Crippen LogP contribution in [0.2, 0.25) is 0 Å².